The Kier molecular flexibility index (Phi) is 4.70. The predicted molar refractivity (Wildman–Crippen MR) is 110 cm³/mol. The first-order valence-electron chi connectivity index (χ1n) is 9.25. The summed E-state index contributed by atoms with van der Waals surface area (Å²) in [4.78, 5) is 22.4. The minimum atomic E-state index is -2.82. The molecule has 31 heavy (non-hydrogen) atoms. The fourth-order valence-corrected chi connectivity index (χ4v) is 4.11. The number of rotatable bonds is 5. The number of ether oxygens (including phenoxy) is 1. The maximum absolute atomic E-state index is 13.6. The normalized spacial score (nSPS) is 11.6. The Morgan fingerprint density at radius 3 is 2.84 bits per heavy atom. The maximum Gasteiger partial charge on any atom is 0.339 e. The average molecular weight is 440 g/mol. The van der Waals surface area contributed by atoms with Crippen molar-refractivity contribution < 1.29 is 22.8 Å². The highest BCUT2D eigenvalue weighted by Crippen LogP contribution is 2.30. The van der Waals surface area contributed by atoms with Gasteiger partial charge in [0.1, 0.15) is 6.61 Å². The van der Waals surface area contributed by atoms with Crippen LogP contribution in [0.15, 0.2) is 52.4 Å². The molecule has 0 saturated heterocycles. The molecule has 1 aromatic carbocycles. The smallest absolute Gasteiger partial charge is 0.339 e. The summed E-state index contributed by atoms with van der Waals surface area (Å²) in [6.45, 7) is -1.55. The number of carbonyl (C=O) groups is 1. The number of aromatic nitrogens is 4. The molecule has 4 heterocycles. The van der Waals surface area contributed by atoms with Crippen LogP contribution in [0.25, 0.3) is 32.7 Å². The third-order valence-electron chi connectivity index (χ3n) is 4.81. The minimum Gasteiger partial charge on any atom is -0.454 e. The predicted octanol–water partition coefficient (Wildman–Crippen LogP) is 5.36. The minimum absolute atomic E-state index is 0.0460. The zero-order valence-corrected chi connectivity index (χ0v) is 16.9. The molecule has 5 rings (SSSR count). The van der Waals surface area contributed by atoms with E-state index in [-0.39, 0.29) is 22.6 Å². The van der Waals surface area contributed by atoms with Gasteiger partial charge in [-0.2, -0.15) is 8.78 Å². The molecule has 10 heteroatoms. The summed E-state index contributed by atoms with van der Waals surface area (Å²) in [5.74, 6) is -0.750. The van der Waals surface area contributed by atoms with Gasteiger partial charge < -0.3 is 9.26 Å². The van der Waals surface area contributed by atoms with E-state index in [1.807, 2.05) is 17.5 Å². The third-order valence-corrected chi connectivity index (χ3v) is 5.70. The van der Waals surface area contributed by atoms with Crippen molar-refractivity contribution in [3.05, 3.63) is 64.9 Å². The van der Waals surface area contributed by atoms with Crippen molar-refractivity contribution in [2.75, 3.05) is 0 Å². The SMILES string of the molecule is Cc1noc2nc(-c3cccs3)cc(C(=O)OCc3nc4ccccc4n3C(F)F)c12. The molecule has 0 amide bonds. The Bertz CT molecular complexity index is 1410. The van der Waals surface area contributed by atoms with Crippen molar-refractivity contribution in [1.82, 2.24) is 19.7 Å². The number of benzene rings is 1. The van der Waals surface area contributed by atoms with Crippen LogP contribution in [0.5, 0.6) is 0 Å². The second kappa shape index (κ2) is 7.55. The Morgan fingerprint density at radius 1 is 1.23 bits per heavy atom. The zero-order chi connectivity index (χ0) is 21.5. The van der Waals surface area contributed by atoms with Gasteiger partial charge >= 0.3 is 12.5 Å². The number of aryl methyl sites for hydroxylation is 1. The second-order valence-electron chi connectivity index (χ2n) is 6.72. The second-order valence-corrected chi connectivity index (χ2v) is 7.67. The summed E-state index contributed by atoms with van der Waals surface area (Å²) in [7, 11) is 0. The summed E-state index contributed by atoms with van der Waals surface area (Å²) in [6.07, 6.45) is 0. The highest BCUT2D eigenvalue weighted by atomic mass is 32.1. The quantitative estimate of drug-likeness (QED) is 0.342. The van der Waals surface area contributed by atoms with Gasteiger partial charge in [-0.1, -0.05) is 23.4 Å². The van der Waals surface area contributed by atoms with Crippen molar-refractivity contribution in [2.45, 2.75) is 20.1 Å². The number of alkyl halides is 2. The molecule has 0 aliphatic carbocycles. The van der Waals surface area contributed by atoms with Crippen LogP contribution in [-0.2, 0) is 11.3 Å². The molecule has 7 nitrogen and oxygen atoms in total. The number of thiophene rings is 1. The monoisotopic (exact) mass is 440 g/mol. The van der Waals surface area contributed by atoms with Gasteiger partial charge in [0.15, 0.2) is 5.82 Å². The molecule has 4 aromatic heterocycles. The molecule has 0 unspecified atom stereocenters. The lowest BCUT2D eigenvalue weighted by molar-refractivity contribution is 0.0389. The number of esters is 1. The number of imidazole rings is 1. The lowest BCUT2D eigenvalue weighted by Crippen LogP contribution is -2.11. The lowest BCUT2D eigenvalue weighted by atomic mass is 10.1. The van der Waals surface area contributed by atoms with Crippen LogP contribution in [-0.4, -0.2) is 25.7 Å². The highest BCUT2D eigenvalue weighted by molar-refractivity contribution is 7.13. The van der Waals surface area contributed by atoms with Crippen molar-refractivity contribution >= 4 is 39.4 Å². The molecule has 0 atom stereocenters. The third kappa shape index (κ3) is 3.34. The Hall–Kier alpha value is -3.66. The first-order valence-corrected chi connectivity index (χ1v) is 10.1. The van der Waals surface area contributed by atoms with Gasteiger partial charge in [0.25, 0.3) is 5.71 Å². The van der Waals surface area contributed by atoms with Crippen molar-refractivity contribution in [2.24, 2.45) is 0 Å². The number of para-hydroxylation sites is 2. The van der Waals surface area contributed by atoms with Crippen LogP contribution in [0, 0.1) is 6.92 Å². The number of nitrogens with zero attached hydrogens (tertiary/aromatic N) is 4. The maximum atomic E-state index is 13.6. The van der Waals surface area contributed by atoms with E-state index in [0.29, 0.717) is 22.3 Å². The fourth-order valence-electron chi connectivity index (χ4n) is 3.43. The molecule has 0 aliphatic heterocycles. The van der Waals surface area contributed by atoms with E-state index in [2.05, 4.69) is 15.1 Å². The molecule has 0 spiro atoms. The summed E-state index contributed by atoms with van der Waals surface area (Å²) in [5.41, 5.74) is 2.08. The van der Waals surface area contributed by atoms with Gasteiger partial charge in [-0.25, -0.2) is 14.8 Å². The Labute approximate surface area is 177 Å². The van der Waals surface area contributed by atoms with Crippen LogP contribution >= 0.6 is 11.3 Å². The summed E-state index contributed by atoms with van der Waals surface area (Å²) < 4.78 is 38.6. The molecule has 0 saturated carbocycles. The first kappa shape index (κ1) is 19.3. The van der Waals surface area contributed by atoms with Crippen molar-refractivity contribution in [3.8, 4) is 10.6 Å². The van der Waals surface area contributed by atoms with E-state index in [9.17, 15) is 13.6 Å². The van der Waals surface area contributed by atoms with Crippen LogP contribution in [0.3, 0.4) is 0 Å². The standard InChI is InChI=1S/C21H14F2N4O3S/c1-11-18-12(9-14(16-7-4-8-31-16)25-19(18)30-26-11)20(28)29-10-17-24-13-5-2-3-6-15(13)27(17)21(22)23/h2-9,21H,10H2,1H3. The van der Waals surface area contributed by atoms with Gasteiger partial charge in [0, 0.05) is 0 Å². The molecule has 5 aromatic rings. The van der Waals surface area contributed by atoms with E-state index >= 15 is 0 Å². The van der Waals surface area contributed by atoms with E-state index in [0.717, 1.165) is 9.44 Å². The van der Waals surface area contributed by atoms with Crippen LogP contribution in [0.4, 0.5) is 8.78 Å². The average Bonchev–Trinajstić information content (AvgIpc) is 3.50. The number of halogens is 2. The summed E-state index contributed by atoms with van der Waals surface area (Å²) >= 11 is 1.46. The largest absolute Gasteiger partial charge is 0.454 e. The molecule has 0 bridgehead atoms. The van der Waals surface area contributed by atoms with Crippen molar-refractivity contribution in [1.29, 1.82) is 0 Å². The fraction of sp³-hybridized carbons (Fsp3) is 0.143. The number of fused-ring (bicyclic) bond motifs is 2. The molecule has 0 N–H and O–H groups in total. The lowest BCUT2D eigenvalue weighted by Gasteiger charge is -2.09. The van der Waals surface area contributed by atoms with Gasteiger partial charge in [-0.15, -0.1) is 11.3 Å². The molecular weight excluding hydrogens is 426 g/mol. The van der Waals surface area contributed by atoms with E-state index in [1.165, 1.54) is 11.3 Å². The Morgan fingerprint density at radius 2 is 2.06 bits per heavy atom. The highest BCUT2D eigenvalue weighted by Gasteiger charge is 2.23. The van der Waals surface area contributed by atoms with E-state index in [4.69, 9.17) is 9.26 Å². The van der Waals surface area contributed by atoms with Gasteiger partial charge in [0.2, 0.25) is 0 Å². The number of hydrogen-bond donors (Lipinski definition) is 0. The van der Waals surface area contributed by atoms with Crippen LogP contribution in [0.2, 0.25) is 0 Å². The van der Waals surface area contributed by atoms with Crippen LogP contribution < -0.4 is 0 Å². The summed E-state index contributed by atoms with van der Waals surface area (Å²) in [6, 6.07) is 11.8. The van der Waals surface area contributed by atoms with Crippen molar-refractivity contribution in [3.63, 3.8) is 0 Å². The molecule has 0 fully saturated rings. The van der Waals surface area contributed by atoms with Gasteiger partial charge in [-0.05, 0) is 36.6 Å². The van der Waals surface area contributed by atoms with E-state index < -0.39 is 19.1 Å². The number of hydrogen-bond acceptors (Lipinski definition) is 7. The van der Waals surface area contributed by atoms with Gasteiger partial charge in [0.05, 0.1) is 38.2 Å². The molecule has 156 valence electrons. The zero-order valence-electron chi connectivity index (χ0n) is 16.1. The number of carbonyl (C=O) groups excluding carboxylic acids is 1. The molecule has 0 radical (unpaired) electrons. The molecule has 0 aliphatic rings. The number of pyridine rings is 1. The first-order chi connectivity index (χ1) is 15.0. The topological polar surface area (TPSA) is 83.0 Å². The van der Waals surface area contributed by atoms with E-state index in [1.54, 1.807) is 37.3 Å². The van der Waals surface area contributed by atoms with Gasteiger partial charge in [-0.3, -0.25) is 4.57 Å². The molecular formula is C21H14F2N4O3S. The summed E-state index contributed by atoms with van der Waals surface area (Å²) in [5, 5.41) is 6.20. The Balaban J connectivity index is 1.51. The van der Waals surface area contributed by atoms with Crippen LogP contribution in [0.1, 0.15) is 28.4 Å².